The molecule has 1 aromatic carbocycles. The summed E-state index contributed by atoms with van der Waals surface area (Å²) in [5.41, 5.74) is 1.66. The predicted molar refractivity (Wildman–Crippen MR) is 116 cm³/mol. The monoisotopic (exact) mass is 420 g/mol. The van der Waals surface area contributed by atoms with Gasteiger partial charge in [-0.25, -0.2) is 4.68 Å². The molecule has 2 aromatic heterocycles. The Bertz CT molecular complexity index is 984. The molecule has 162 valence electrons. The number of pyridine rings is 1. The lowest BCUT2D eigenvalue weighted by molar-refractivity contribution is -0.0383. The van der Waals surface area contributed by atoms with Gasteiger partial charge < -0.3 is 10.0 Å². The number of hydrogen-bond donors (Lipinski definition) is 1. The Hall–Kier alpha value is -3.10. The number of aromatic nitrogens is 4. The summed E-state index contributed by atoms with van der Waals surface area (Å²) >= 11 is 0. The van der Waals surface area contributed by atoms with Crippen molar-refractivity contribution < 1.29 is 9.90 Å². The van der Waals surface area contributed by atoms with E-state index < -0.39 is 5.60 Å². The van der Waals surface area contributed by atoms with Crippen molar-refractivity contribution in [1.29, 1.82) is 0 Å². The Morgan fingerprint density at radius 3 is 2.58 bits per heavy atom. The Morgan fingerprint density at radius 2 is 1.87 bits per heavy atom. The molecule has 0 atom stereocenters. The summed E-state index contributed by atoms with van der Waals surface area (Å²) in [6, 6.07) is 14.1. The van der Waals surface area contributed by atoms with Crippen LogP contribution in [-0.4, -0.2) is 66.5 Å². The molecule has 4 rings (SSSR count). The Balaban J connectivity index is 1.30. The molecule has 0 unspecified atom stereocenters. The third-order valence-electron chi connectivity index (χ3n) is 5.74. The zero-order chi connectivity index (χ0) is 21.7. The van der Waals surface area contributed by atoms with Crippen molar-refractivity contribution in [1.82, 2.24) is 29.8 Å². The van der Waals surface area contributed by atoms with Crippen molar-refractivity contribution in [2.75, 3.05) is 20.1 Å². The molecule has 3 aromatic rings. The van der Waals surface area contributed by atoms with Crippen molar-refractivity contribution in [2.45, 2.75) is 38.1 Å². The van der Waals surface area contributed by atoms with E-state index in [0.29, 0.717) is 25.9 Å². The average molecular weight is 421 g/mol. The number of likely N-dealkylation sites (tertiary alicyclic amines) is 1. The lowest BCUT2D eigenvalue weighted by Gasteiger charge is -2.38. The summed E-state index contributed by atoms with van der Waals surface area (Å²) < 4.78 is 1.58. The van der Waals surface area contributed by atoms with Crippen LogP contribution in [0.4, 0.5) is 0 Å². The molecule has 0 aliphatic carbocycles. The summed E-state index contributed by atoms with van der Waals surface area (Å²) in [6.07, 6.45) is 6.37. The minimum absolute atomic E-state index is 0.209. The van der Waals surface area contributed by atoms with E-state index in [0.717, 1.165) is 25.2 Å². The van der Waals surface area contributed by atoms with Crippen molar-refractivity contribution in [3.63, 3.8) is 0 Å². The number of hydrogen-bond acceptors (Lipinski definition) is 6. The topological polar surface area (TPSA) is 87.4 Å². The highest BCUT2D eigenvalue weighted by Crippen LogP contribution is 2.25. The van der Waals surface area contributed by atoms with Crippen LogP contribution in [0, 0.1) is 0 Å². The van der Waals surface area contributed by atoms with Crippen LogP contribution < -0.4 is 0 Å². The molecule has 1 fully saturated rings. The van der Waals surface area contributed by atoms with E-state index in [9.17, 15) is 9.90 Å². The van der Waals surface area contributed by atoms with Gasteiger partial charge in [0, 0.05) is 45.6 Å². The first-order chi connectivity index (χ1) is 15.0. The standard InChI is InChI=1S/C23H28N6O2/c1-27(15-20-8-5-11-24-14-20)22(30)21-17-29(26-25-21)18-23(31)9-12-28(13-10-23)16-19-6-3-2-4-7-19/h2-8,11,14,17,31H,9-10,12-13,15-16,18H2,1H3. The van der Waals surface area contributed by atoms with Gasteiger partial charge in [0.1, 0.15) is 0 Å². The molecule has 0 radical (unpaired) electrons. The van der Waals surface area contributed by atoms with Gasteiger partial charge in [-0.2, -0.15) is 0 Å². The molecule has 0 saturated carbocycles. The number of amides is 1. The molecule has 8 heteroatoms. The van der Waals surface area contributed by atoms with E-state index in [1.54, 1.807) is 35.2 Å². The van der Waals surface area contributed by atoms with E-state index in [4.69, 9.17) is 0 Å². The normalized spacial score (nSPS) is 16.2. The maximum Gasteiger partial charge on any atom is 0.276 e. The third kappa shape index (κ3) is 5.53. The summed E-state index contributed by atoms with van der Waals surface area (Å²) in [7, 11) is 1.73. The molecule has 3 heterocycles. The second-order valence-corrected chi connectivity index (χ2v) is 8.31. The van der Waals surface area contributed by atoms with E-state index in [-0.39, 0.29) is 11.6 Å². The molecule has 1 amide bonds. The number of aliphatic hydroxyl groups is 1. The summed E-state index contributed by atoms with van der Waals surface area (Å²) in [5, 5.41) is 19.2. The number of carbonyl (C=O) groups excluding carboxylic acids is 1. The molecule has 1 aliphatic rings. The van der Waals surface area contributed by atoms with Crippen molar-refractivity contribution in [3.05, 3.63) is 77.9 Å². The van der Waals surface area contributed by atoms with Crippen molar-refractivity contribution in [2.24, 2.45) is 0 Å². The van der Waals surface area contributed by atoms with Gasteiger partial charge in [0.05, 0.1) is 18.3 Å². The van der Waals surface area contributed by atoms with Gasteiger partial charge in [0.25, 0.3) is 5.91 Å². The SMILES string of the molecule is CN(Cc1cccnc1)C(=O)c1cn(CC2(O)CCN(Cc3ccccc3)CC2)nn1. The van der Waals surface area contributed by atoms with Gasteiger partial charge in [-0.15, -0.1) is 5.10 Å². The van der Waals surface area contributed by atoms with Crippen LogP contribution in [0.25, 0.3) is 0 Å². The predicted octanol–water partition coefficient (Wildman–Crippen LogP) is 1.97. The van der Waals surface area contributed by atoms with Gasteiger partial charge in [0.2, 0.25) is 0 Å². The smallest absolute Gasteiger partial charge is 0.276 e. The van der Waals surface area contributed by atoms with Gasteiger partial charge in [-0.05, 0) is 30.0 Å². The van der Waals surface area contributed by atoms with Crippen LogP contribution in [0.3, 0.4) is 0 Å². The molecule has 1 aliphatic heterocycles. The molecule has 31 heavy (non-hydrogen) atoms. The van der Waals surface area contributed by atoms with Crippen LogP contribution >= 0.6 is 0 Å². The summed E-state index contributed by atoms with van der Waals surface area (Å²) in [6.45, 7) is 3.31. The molecule has 1 N–H and O–H groups in total. The summed E-state index contributed by atoms with van der Waals surface area (Å²) in [4.78, 5) is 20.7. The maximum absolute atomic E-state index is 12.7. The number of piperidine rings is 1. The van der Waals surface area contributed by atoms with Crippen LogP contribution in [0.1, 0.15) is 34.5 Å². The van der Waals surface area contributed by atoms with Gasteiger partial charge in [-0.3, -0.25) is 14.7 Å². The van der Waals surface area contributed by atoms with Crippen LogP contribution in [0.5, 0.6) is 0 Å². The molecule has 1 saturated heterocycles. The lowest BCUT2D eigenvalue weighted by atomic mass is 9.91. The Labute approximate surface area is 182 Å². The molecule has 0 bridgehead atoms. The number of benzene rings is 1. The van der Waals surface area contributed by atoms with Crippen LogP contribution in [0.2, 0.25) is 0 Å². The highest BCUT2D eigenvalue weighted by molar-refractivity contribution is 5.91. The highest BCUT2D eigenvalue weighted by atomic mass is 16.3. The second-order valence-electron chi connectivity index (χ2n) is 8.31. The first-order valence-corrected chi connectivity index (χ1v) is 10.5. The van der Waals surface area contributed by atoms with E-state index >= 15 is 0 Å². The van der Waals surface area contributed by atoms with Crippen molar-refractivity contribution >= 4 is 5.91 Å². The highest BCUT2D eigenvalue weighted by Gasteiger charge is 2.33. The largest absolute Gasteiger partial charge is 0.388 e. The third-order valence-corrected chi connectivity index (χ3v) is 5.74. The van der Waals surface area contributed by atoms with E-state index in [1.165, 1.54) is 5.56 Å². The zero-order valence-electron chi connectivity index (χ0n) is 17.8. The van der Waals surface area contributed by atoms with Crippen molar-refractivity contribution in [3.8, 4) is 0 Å². The summed E-state index contributed by atoms with van der Waals surface area (Å²) in [5.74, 6) is -0.209. The maximum atomic E-state index is 12.7. The van der Waals surface area contributed by atoms with Gasteiger partial charge in [0.15, 0.2) is 5.69 Å². The minimum atomic E-state index is -0.844. The average Bonchev–Trinajstić information content (AvgIpc) is 3.24. The van der Waals surface area contributed by atoms with E-state index in [1.807, 2.05) is 30.3 Å². The molecular formula is C23H28N6O2. The fraction of sp³-hybridized carbons (Fsp3) is 0.391. The van der Waals surface area contributed by atoms with Gasteiger partial charge >= 0.3 is 0 Å². The second kappa shape index (κ2) is 9.36. The fourth-order valence-electron chi connectivity index (χ4n) is 3.94. The number of nitrogens with zero attached hydrogens (tertiary/aromatic N) is 6. The minimum Gasteiger partial charge on any atom is -0.388 e. The molecule has 0 spiro atoms. The number of rotatable bonds is 7. The van der Waals surface area contributed by atoms with Crippen LogP contribution in [0.15, 0.2) is 61.1 Å². The quantitative estimate of drug-likeness (QED) is 0.629. The Morgan fingerprint density at radius 1 is 1.13 bits per heavy atom. The first-order valence-electron chi connectivity index (χ1n) is 10.5. The Kier molecular flexibility index (Phi) is 6.39. The van der Waals surface area contributed by atoms with Crippen LogP contribution in [-0.2, 0) is 19.6 Å². The zero-order valence-corrected chi connectivity index (χ0v) is 17.8. The number of carbonyl (C=O) groups is 1. The molecular weight excluding hydrogens is 392 g/mol. The fourth-order valence-corrected chi connectivity index (χ4v) is 3.94. The molecule has 8 nitrogen and oxygen atoms in total. The first kappa shape index (κ1) is 21.1. The lowest BCUT2D eigenvalue weighted by Crippen LogP contribution is -2.46. The van der Waals surface area contributed by atoms with E-state index in [2.05, 4.69) is 32.3 Å². The van der Waals surface area contributed by atoms with Gasteiger partial charge in [-0.1, -0.05) is 41.6 Å².